The summed E-state index contributed by atoms with van der Waals surface area (Å²) in [6.07, 6.45) is 2.86. The molecule has 0 heterocycles. The van der Waals surface area contributed by atoms with E-state index in [4.69, 9.17) is 0 Å². The molecule has 54 valence electrons. The van der Waals surface area contributed by atoms with E-state index in [0.29, 0.717) is 0 Å². The summed E-state index contributed by atoms with van der Waals surface area (Å²) in [4.78, 5) is 0. The van der Waals surface area contributed by atoms with Crippen molar-refractivity contribution in [2.45, 2.75) is 13.3 Å². The third-order valence-electron chi connectivity index (χ3n) is 0.864. The molecular weight excluding hydrogens is 114 g/mol. The van der Waals surface area contributed by atoms with E-state index in [2.05, 4.69) is 15.8 Å². The number of nitrogens with one attached hydrogen (secondary N) is 2. The predicted octanol–water partition coefficient (Wildman–Crippen LogP) is 0.191. The lowest BCUT2D eigenvalue weighted by Crippen LogP contribution is -2.09. The van der Waals surface area contributed by atoms with Gasteiger partial charge in [-0.3, -0.25) is 0 Å². The summed E-state index contributed by atoms with van der Waals surface area (Å²) in [6.45, 7) is 3.92. The minimum absolute atomic E-state index is 0.899. The first-order valence-electron chi connectivity index (χ1n) is 3.30. The fourth-order valence-corrected chi connectivity index (χ4v) is 0.429. The van der Waals surface area contributed by atoms with Crippen LogP contribution in [0.15, 0.2) is 5.10 Å². The van der Waals surface area contributed by atoms with E-state index in [1.165, 1.54) is 0 Å². The molecular formula is C6H15N3. The average molecular weight is 129 g/mol. The lowest BCUT2D eigenvalue weighted by molar-refractivity contribution is 0.773. The van der Waals surface area contributed by atoms with Crippen molar-refractivity contribution >= 4 is 6.21 Å². The van der Waals surface area contributed by atoms with Crippen molar-refractivity contribution < 1.29 is 0 Å². The average Bonchev–Trinajstić information content (AvgIpc) is 1.89. The molecule has 0 aromatic rings. The molecule has 0 atom stereocenters. The molecule has 0 radical (unpaired) electrons. The van der Waals surface area contributed by atoms with Crippen molar-refractivity contribution in [3.63, 3.8) is 0 Å². The molecule has 0 aliphatic rings. The summed E-state index contributed by atoms with van der Waals surface area (Å²) in [5.74, 6) is 0. The van der Waals surface area contributed by atoms with Crippen LogP contribution < -0.4 is 10.7 Å². The first-order chi connectivity index (χ1) is 4.41. The molecule has 9 heavy (non-hydrogen) atoms. The van der Waals surface area contributed by atoms with Crippen LogP contribution in [0.1, 0.15) is 13.3 Å². The van der Waals surface area contributed by atoms with Crippen LogP contribution in [0.25, 0.3) is 0 Å². The van der Waals surface area contributed by atoms with Crippen LogP contribution >= 0.6 is 0 Å². The van der Waals surface area contributed by atoms with Crippen molar-refractivity contribution in [1.82, 2.24) is 10.7 Å². The number of hydrazone groups is 1. The Bertz CT molecular complexity index is 70.7. The van der Waals surface area contributed by atoms with Gasteiger partial charge < -0.3 is 10.7 Å². The minimum Gasteiger partial charge on any atom is -0.319 e. The highest BCUT2D eigenvalue weighted by Gasteiger charge is 1.74. The SMILES string of the molecule is CCN/N=C\CCNC. The smallest absolute Gasteiger partial charge is 0.0301 e. The number of hydrogen-bond acceptors (Lipinski definition) is 3. The molecule has 0 amide bonds. The molecule has 0 aliphatic heterocycles. The maximum atomic E-state index is 3.91. The van der Waals surface area contributed by atoms with Crippen molar-refractivity contribution in [1.29, 1.82) is 0 Å². The standard InChI is InChI=1S/C6H15N3/c1-3-8-9-6-4-5-7-2/h6-8H,3-5H2,1-2H3/b9-6-. The Morgan fingerprint density at radius 1 is 1.56 bits per heavy atom. The van der Waals surface area contributed by atoms with Gasteiger partial charge in [0.1, 0.15) is 0 Å². The second-order valence-electron chi connectivity index (χ2n) is 1.72. The molecule has 0 spiro atoms. The Morgan fingerprint density at radius 3 is 2.89 bits per heavy atom. The second-order valence-corrected chi connectivity index (χ2v) is 1.72. The van der Waals surface area contributed by atoms with Gasteiger partial charge in [0.2, 0.25) is 0 Å². The Balaban J connectivity index is 2.86. The van der Waals surface area contributed by atoms with Gasteiger partial charge in [0, 0.05) is 12.8 Å². The van der Waals surface area contributed by atoms with Gasteiger partial charge in [0.25, 0.3) is 0 Å². The third-order valence-corrected chi connectivity index (χ3v) is 0.864. The molecule has 0 saturated heterocycles. The lowest BCUT2D eigenvalue weighted by Gasteiger charge is -1.92. The summed E-state index contributed by atoms with van der Waals surface area (Å²) < 4.78 is 0. The van der Waals surface area contributed by atoms with E-state index in [1.54, 1.807) is 0 Å². The van der Waals surface area contributed by atoms with Crippen molar-refractivity contribution in [3.05, 3.63) is 0 Å². The van der Waals surface area contributed by atoms with Gasteiger partial charge in [-0.15, -0.1) is 0 Å². The van der Waals surface area contributed by atoms with Crippen LogP contribution in [0, 0.1) is 0 Å². The quantitative estimate of drug-likeness (QED) is 0.316. The normalized spacial score (nSPS) is 10.4. The molecule has 0 aromatic carbocycles. The van der Waals surface area contributed by atoms with Gasteiger partial charge in [-0.2, -0.15) is 5.10 Å². The zero-order valence-electron chi connectivity index (χ0n) is 6.15. The molecule has 0 saturated carbocycles. The largest absolute Gasteiger partial charge is 0.319 e. The zero-order valence-corrected chi connectivity index (χ0v) is 6.15. The van der Waals surface area contributed by atoms with E-state index >= 15 is 0 Å². The van der Waals surface area contributed by atoms with Crippen LogP contribution in [0.3, 0.4) is 0 Å². The Kier molecular flexibility index (Phi) is 6.96. The molecule has 0 rings (SSSR count). The monoisotopic (exact) mass is 129 g/mol. The van der Waals surface area contributed by atoms with Gasteiger partial charge in [-0.1, -0.05) is 0 Å². The van der Waals surface area contributed by atoms with Crippen LogP contribution in [0.2, 0.25) is 0 Å². The maximum Gasteiger partial charge on any atom is 0.0301 e. The first kappa shape index (κ1) is 8.43. The topological polar surface area (TPSA) is 36.4 Å². The highest BCUT2D eigenvalue weighted by atomic mass is 15.3. The molecule has 2 N–H and O–H groups in total. The lowest BCUT2D eigenvalue weighted by atomic mass is 10.5. The Hall–Kier alpha value is -0.570. The fraction of sp³-hybridized carbons (Fsp3) is 0.833. The molecule has 0 aliphatic carbocycles. The summed E-state index contributed by atoms with van der Waals surface area (Å²) in [7, 11) is 1.93. The van der Waals surface area contributed by atoms with Gasteiger partial charge in [0.15, 0.2) is 0 Å². The third kappa shape index (κ3) is 7.43. The summed E-state index contributed by atoms with van der Waals surface area (Å²) in [5, 5.41) is 6.94. The van der Waals surface area contributed by atoms with Crippen LogP contribution in [0.4, 0.5) is 0 Å². The Morgan fingerprint density at radius 2 is 2.33 bits per heavy atom. The highest BCUT2D eigenvalue weighted by molar-refractivity contribution is 5.56. The first-order valence-corrected chi connectivity index (χ1v) is 3.30. The minimum atomic E-state index is 0.899. The number of rotatable bonds is 5. The molecule has 3 heteroatoms. The highest BCUT2D eigenvalue weighted by Crippen LogP contribution is 1.66. The molecule has 3 nitrogen and oxygen atoms in total. The van der Waals surface area contributed by atoms with E-state index in [9.17, 15) is 0 Å². The zero-order chi connectivity index (χ0) is 6.95. The van der Waals surface area contributed by atoms with E-state index in [-0.39, 0.29) is 0 Å². The van der Waals surface area contributed by atoms with E-state index < -0.39 is 0 Å². The fourth-order valence-electron chi connectivity index (χ4n) is 0.429. The maximum absolute atomic E-state index is 3.91. The summed E-state index contributed by atoms with van der Waals surface area (Å²) in [5.41, 5.74) is 2.85. The molecule has 0 aromatic heterocycles. The van der Waals surface area contributed by atoms with Gasteiger partial charge in [0.05, 0.1) is 0 Å². The molecule has 0 unspecified atom stereocenters. The number of hydrogen-bond donors (Lipinski definition) is 2. The van der Waals surface area contributed by atoms with E-state index in [0.717, 1.165) is 19.5 Å². The number of nitrogens with zero attached hydrogens (tertiary/aromatic N) is 1. The van der Waals surface area contributed by atoms with Crippen LogP contribution in [-0.2, 0) is 0 Å². The summed E-state index contributed by atoms with van der Waals surface area (Å²) >= 11 is 0. The van der Waals surface area contributed by atoms with Gasteiger partial charge in [-0.05, 0) is 26.9 Å². The van der Waals surface area contributed by atoms with Crippen molar-refractivity contribution in [3.8, 4) is 0 Å². The molecule has 0 fully saturated rings. The summed E-state index contributed by atoms with van der Waals surface area (Å²) in [6, 6.07) is 0. The van der Waals surface area contributed by atoms with Crippen molar-refractivity contribution in [2.24, 2.45) is 5.10 Å². The second kappa shape index (κ2) is 7.43. The van der Waals surface area contributed by atoms with Gasteiger partial charge >= 0.3 is 0 Å². The molecule has 0 bridgehead atoms. The van der Waals surface area contributed by atoms with Gasteiger partial charge in [-0.25, -0.2) is 0 Å². The van der Waals surface area contributed by atoms with E-state index in [1.807, 2.05) is 20.2 Å². The van der Waals surface area contributed by atoms with Crippen LogP contribution in [0.5, 0.6) is 0 Å². The Labute approximate surface area is 56.5 Å². The van der Waals surface area contributed by atoms with Crippen molar-refractivity contribution in [2.75, 3.05) is 20.1 Å². The predicted molar refractivity (Wildman–Crippen MR) is 40.7 cm³/mol. The van der Waals surface area contributed by atoms with Crippen LogP contribution in [-0.4, -0.2) is 26.4 Å².